The van der Waals surface area contributed by atoms with Gasteiger partial charge in [0.1, 0.15) is 0 Å². The maximum absolute atomic E-state index is 13.0. The highest BCUT2D eigenvalue weighted by molar-refractivity contribution is 6.07. The molecule has 0 radical (unpaired) electrons. The van der Waals surface area contributed by atoms with E-state index in [1.807, 2.05) is 42.5 Å². The third-order valence-electron chi connectivity index (χ3n) is 6.05. The van der Waals surface area contributed by atoms with Gasteiger partial charge in [-0.15, -0.1) is 0 Å². The van der Waals surface area contributed by atoms with Gasteiger partial charge in [-0.25, -0.2) is 4.79 Å². The number of fused-ring (bicyclic) bond motifs is 3. The van der Waals surface area contributed by atoms with Crippen LogP contribution >= 0.6 is 0 Å². The highest BCUT2D eigenvalue weighted by atomic mass is 16.2. The van der Waals surface area contributed by atoms with Gasteiger partial charge in [-0.3, -0.25) is 13.9 Å². The largest absolute Gasteiger partial charge is 0.328 e. The molecule has 6 nitrogen and oxygen atoms in total. The third-order valence-corrected chi connectivity index (χ3v) is 6.05. The van der Waals surface area contributed by atoms with Crippen molar-refractivity contribution in [3.05, 3.63) is 64.1 Å². The zero-order valence-corrected chi connectivity index (χ0v) is 14.7. The van der Waals surface area contributed by atoms with Gasteiger partial charge in [0.25, 0.3) is 0 Å². The van der Waals surface area contributed by atoms with E-state index in [1.165, 1.54) is 0 Å². The molecule has 1 amide bonds. The second-order valence-corrected chi connectivity index (χ2v) is 7.26. The van der Waals surface area contributed by atoms with E-state index in [0.717, 1.165) is 40.8 Å². The van der Waals surface area contributed by atoms with Crippen molar-refractivity contribution in [3.8, 4) is 0 Å². The minimum absolute atomic E-state index is 0.0461. The number of aryl methyl sites for hydroxylation is 2. The van der Waals surface area contributed by atoms with E-state index in [1.54, 1.807) is 23.2 Å². The lowest BCUT2D eigenvalue weighted by atomic mass is 9.73. The van der Waals surface area contributed by atoms with Gasteiger partial charge in [0.15, 0.2) is 0 Å². The molecule has 2 aliphatic heterocycles. The first kappa shape index (κ1) is 15.4. The summed E-state index contributed by atoms with van der Waals surface area (Å²) in [4.78, 5) is 25.2. The molecule has 0 aliphatic carbocycles. The van der Waals surface area contributed by atoms with Crippen LogP contribution in [0.25, 0.3) is 11.0 Å². The van der Waals surface area contributed by atoms with Crippen molar-refractivity contribution >= 4 is 22.6 Å². The summed E-state index contributed by atoms with van der Waals surface area (Å²) in [6, 6.07) is 13.9. The molecule has 1 aromatic heterocycles. The second-order valence-electron chi connectivity index (χ2n) is 7.26. The molecule has 5 rings (SSSR count). The van der Waals surface area contributed by atoms with E-state index in [9.17, 15) is 9.59 Å². The number of para-hydroxylation sites is 1. The van der Waals surface area contributed by atoms with Crippen molar-refractivity contribution in [2.45, 2.75) is 17.9 Å². The number of aromatic nitrogens is 2. The van der Waals surface area contributed by atoms with E-state index >= 15 is 0 Å². The molecule has 1 spiro atoms. The zero-order chi connectivity index (χ0) is 18.1. The standard InChI is InChI=1S/C20H20N4O2/c1-23-15-8-7-12(11-16(15)24(2)19(23)26)17-20(9-10-21-17)13-5-3-4-6-14(13)22-18(20)25/h3-8,11,17,21H,9-10H2,1-2H3,(H,22,25). The fraction of sp³-hybridized carbons (Fsp3) is 0.300. The van der Waals surface area contributed by atoms with Crippen LogP contribution in [0, 0.1) is 0 Å². The number of rotatable bonds is 1. The van der Waals surface area contributed by atoms with Crippen LogP contribution in [0.1, 0.15) is 23.6 Å². The number of nitrogens with one attached hydrogen (secondary N) is 2. The number of anilines is 1. The molecule has 2 aliphatic rings. The van der Waals surface area contributed by atoms with E-state index < -0.39 is 5.41 Å². The molecule has 1 fully saturated rings. The molecule has 132 valence electrons. The summed E-state index contributed by atoms with van der Waals surface area (Å²) in [6.07, 6.45) is 0.756. The van der Waals surface area contributed by atoms with Crippen molar-refractivity contribution < 1.29 is 4.79 Å². The Hall–Kier alpha value is -2.86. The Balaban J connectivity index is 1.71. The Bertz CT molecular complexity index is 1130. The van der Waals surface area contributed by atoms with E-state index in [2.05, 4.69) is 10.6 Å². The van der Waals surface area contributed by atoms with Crippen LogP contribution in [0.4, 0.5) is 5.69 Å². The zero-order valence-electron chi connectivity index (χ0n) is 14.7. The molecular weight excluding hydrogens is 328 g/mol. The molecule has 0 bridgehead atoms. The molecule has 0 saturated carbocycles. The predicted molar refractivity (Wildman–Crippen MR) is 100 cm³/mol. The summed E-state index contributed by atoms with van der Waals surface area (Å²) >= 11 is 0. The first-order chi connectivity index (χ1) is 12.5. The topological polar surface area (TPSA) is 68.1 Å². The second kappa shape index (κ2) is 5.08. The average Bonchev–Trinajstić information content (AvgIpc) is 3.28. The summed E-state index contributed by atoms with van der Waals surface area (Å²) in [5.41, 5.74) is 4.12. The van der Waals surface area contributed by atoms with Gasteiger partial charge in [0, 0.05) is 19.8 Å². The minimum Gasteiger partial charge on any atom is -0.325 e. The average molecular weight is 348 g/mol. The Labute approximate surface area is 150 Å². The SMILES string of the molecule is Cn1c(=O)n(C)c2cc(C3NCCC34C(=O)Nc3ccccc34)ccc21. The molecule has 2 unspecified atom stereocenters. The van der Waals surface area contributed by atoms with Gasteiger partial charge >= 0.3 is 5.69 Å². The lowest BCUT2D eigenvalue weighted by molar-refractivity contribution is -0.121. The summed E-state index contributed by atoms with van der Waals surface area (Å²) < 4.78 is 3.30. The highest BCUT2D eigenvalue weighted by Gasteiger charge is 2.55. The lowest BCUT2D eigenvalue weighted by Gasteiger charge is -2.29. The van der Waals surface area contributed by atoms with Crippen LogP contribution in [0.3, 0.4) is 0 Å². The van der Waals surface area contributed by atoms with Crippen LogP contribution in [-0.2, 0) is 24.3 Å². The van der Waals surface area contributed by atoms with Crippen LogP contribution < -0.4 is 16.3 Å². The fourth-order valence-electron chi connectivity index (χ4n) is 4.71. The number of hydrogen-bond donors (Lipinski definition) is 2. The smallest absolute Gasteiger partial charge is 0.325 e. The maximum atomic E-state index is 13.0. The first-order valence-electron chi connectivity index (χ1n) is 8.84. The van der Waals surface area contributed by atoms with Crippen LogP contribution in [0.2, 0.25) is 0 Å². The van der Waals surface area contributed by atoms with Crippen molar-refractivity contribution in [1.82, 2.24) is 14.5 Å². The van der Waals surface area contributed by atoms with E-state index in [-0.39, 0.29) is 17.6 Å². The summed E-state index contributed by atoms with van der Waals surface area (Å²) in [5, 5.41) is 6.58. The van der Waals surface area contributed by atoms with Gasteiger partial charge in [-0.2, -0.15) is 0 Å². The molecule has 2 N–H and O–H groups in total. The minimum atomic E-state index is -0.599. The van der Waals surface area contributed by atoms with Gasteiger partial charge in [0.05, 0.1) is 22.5 Å². The fourth-order valence-corrected chi connectivity index (χ4v) is 4.71. The molecule has 3 aromatic rings. The number of imidazole rings is 1. The van der Waals surface area contributed by atoms with Crippen LogP contribution in [0.5, 0.6) is 0 Å². The highest BCUT2D eigenvalue weighted by Crippen LogP contribution is 2.51. The quantitative estimate of drug-likeness (QED) is 0.705. The number of carbonyl (C=O) groups is 1. The van der Waals surface area contributed by atoms with Gasteiger partial charge in [-0.1, -0.05) is 24.3 Å². The van der Waals surface area contributed by atoms with Crippen molar-refractivity contribution in [3.63, 3.8) is 0 Å². The Morgan fingerprint density at radius 2 is 1.81 bits per heavy atom. The summed E-state index contributed by atoms with van der Waals surface area (Å²) in [7, 11) is 3.56. The number of benzene rings is 2. The molecule has 1 saturated heterocycles. The number of carbonyl (C=O) groups excluding carboxylic acids is 1. The molecular formula is C20H20N4O2. The Morgan fingerprint density at radius 3 is 2.65 bits per heavy atom. The number of amides is 1. The molecule has 26 heavy (non-hydrogen) atoms. The van der Waals surface area contributed by atoms with Crippen molar-refractivity contribution in [2.24, 2.45) is 14.1 Å². The monoisotopic (exact) mass is 348 g/mol. The molecule has 2 atom stereocenters. The lowest BCUT2D eigenvalue weighted by Crippen LogP contribution is -2.39. The number of nitrogens with zero attached hydrogens (tertiary/aromatic N) is 2. The maximum Gasteiger partial charge on any atom is 0.328 e. The van der Waals surface area contributed by atoms with E-state index in [4.69, 9.17) is 0 Å². The third kappa shape index (κ3) is 1.74. The van der Waals surface area contributed by atoms with Crippen molar-refractivity contribution in [1.29, 1.82) is 0 Å². The summed E-state index contributed by atoms with van der Waals surface area (Å²) in [5.74, 6) is 0.0516. The predicted octanol–water partition coefficient (Wildman–Crippen LogP) is 1.80. The number of hydrogen-bond acceptors (Lipinski definition) is 3. The van der Waals surface area contributed by atoms with Crippen molar-refractivity contribution in [2.75, 3.05) is 11.9 Å². The van der Waals surface area contributed by atoms with Crippen LogP contribution in [-0.4, -0.2) is 21.6 Å². The summed E-state index contributed by atoms with van der Waals surface area (Å²) in [6.45, 7) is 0.776. The van der Waals surface area contributed by atoms with Gasteiger partial charge in [0.2, 0.25) is 5.91 Å². The van der Waals surface area contributed by atoms with Gasteiger partial charge in [-0.05, 0) is 42.3 Å². The normalized spacial score (nSPS) is 24.4. The molecule has 2 aromatic carbocycles. The van der Waals surface area contributed by atoms with Gasteiger partial charge < -0.3 is 10.6 Å². The molecule has 3 heterocycles. The van der Waals surface area contributed by atoms with E-state index in [0.29, 0.717) is 0 Å². The Morgan fingerprint density at radius 1 is 1.04 bits per heavy atom. The van der Waals surface area contributed by atoms with Crippen LogP contribution in [0.15, 0.2) is 47.3 Å². The Kier molecular flexibility index (Phi) is 3.01. The first-order valence-corrected chi connectivity index (χ1v) is 8.84. The molecule has 6 heteroatoms.